The molecular formula is C13H11F4NO. The van der Waals surface area contributed by atoms with Crippen molar-refractivity contribution >= 4 is 5.71 Å². The van der Waals surface area contributed by atoms with Crippen molar-refractivity contribution in [3.8, 4) is 0 Å². The average molecular weight is 273 g/mol. The maximum absolute atomic E-state index is 13.1. The minimum atomic E-state index is -4.60. The normalized spacial score (nSPS) is 26.0. The summed E-state index contributed by atoms with van der Waals surface area (Å²) in [6.45, 7) is 0. The molecule has 0 aromatic heterocycles. The van der Waals surface area contributed by atoms with Crippen molar-refractivity contribution in [2.75, 3.05) is 0 Å². The molecule has 2 nitrogen and oxygen atoms in total. The Morgan fingerprint density at radius 2 is 2.00 bits per heavy atom. The van der Waals surface area contributed by atoms with Crippen molar-refractivity contribution in [2.24, 2.45) is 11.1 Å². The molecule has 1 aliphatic heterocycles. The Kier molecular flexibility index (Phi) is 2.76. The first-order valence-electron chi connectivity index (χ1n) is 6.07. The van der Waals surface area contributed by atoms with Gasteiger partial charge in [0.15, 0.2) is 0 Å². The molecule has 0 saturated heterocycles. The van der Waals surface area contributed by atoms with Crippen molar-refractivity contribution in [3.63, 3.8) is 0 Å². The van der Waals surface area contributed by atoms with E-state index in [2.05, 4.69) is 5.16 Å². The first-order chi connectivity index (χ1) is 8.97. The fourth-order valence-corrected chi connectivity index (χ4v) is 2.78. The molecular weight excluding hydrogens is 262 g/mol. The molecule has 2 atom stereocenters. The van der Waals surface area contributed by atoms with Crippen LogP contribution in [0, 0.1) is 11.7 Å². The third-order valence-corrected chi connectivity index (χ3v) is 3.65. The van der Waals surface area contributed by atoms with Gasteiger partial charge in [0.05, 0.1) is 11.3 Å². The molecule has 0 bridgehead atoms. The molecule has 1 aromatic carbocycles. The number of hydrogen-bond donors (Lipinski definition) is 0. The summed E-state index contributed by atoms with van der Waals surface area (Å²) in [5.41, 5.74) is -0.750. The van der Waals surface area contributed by atoms with E-state index in [1.54, 1.807) is 0 Å². The predicted molar refractivity (Wildman–Crippen MR) is 60.2 cm³/mol. The minimum Gasteiger partial charge on any atom is -0.392 e. The van der Waals surface area contributed by atoms with Crippen LogP contribution in [0.15, 0.2) is 23.4 Å². The summed E-state index contributed by atoms with van der Waals surface area (Å²) in [6, 6.07) is 2.68. The quantitative estimate of drug-likeness (QED) is 0.714. The molecule has 19 heavy (non-hydrogen) atoms. The van der Waals surface area contributed by atoms with Gasteiger partial charge in [-0.25, -0.2) is 4.39 Å². The Labute approximate surface area is 107 Å². The molecule has 2 aliphatic rings. The Morgan fingerprint density at radius 3 is 2.74 bits per heavy atom. The topological polar surface area (TPSA) is 21.6 Å². The Morgan fingerprint density at radius 1 is 1.21 bits per heavy atom. The first-order valence-corrected chi connectivity index (χ1v) is 6.07. The van der Waals surface area contributed by atoms with E-state index < -0.39 is 17.6 Å². The van der Waals surface area contributed by atoms with Gasteiger partial charge >= 0.3 is 6.18 Å². The molecule has 0 N–H and O–H groups in total. The van der Waals surface area contributed by atoms with Crippen LogP contribution in [0.25, 0.3) is 0 Å². The lowest BCUT2D eigenvalue weighted by Crippen LogP contribution is -2.21. The monoisotopic (exact) mass is 273 g/mol. The number of nitrogens with zero attached hydrogens (tertiary/aromatic N) is 1. The number of fused-ring (bicyclic) bond motifs is 1. The average Bonchev–Trinajstić information content (AvgIpc) is 2.90. The summed E-state index contributed by atoms with van der Waals surface area (Å²) in [4.78, 5) is 5.17. The van der Waals surface area contributed by atoms with Crippen molar-refractivity contribution in [3.05, 3.63) is 35.1 Å². The number of benzene rings is 1. The first kappa shape index (κ1) is 12.4. The van der Waals surface area contributed by atoms with Crippen LogP contribution < -0.4 is 0 Å². The van der Waals surface area contributed by atoms with Crippen LogP contribution in [-0.4, -0.2) is 11.8 Å². The van der Waals surface area contributed by atoms with Crippen LogP contribution >= 0.6 is 0 Å². The van der Waals surface area contributed by atoms with E-state index in [0.717, 1.165) is 31.4 Å². The largest absolute Gasteiger partial charge is 0.417 e. The van der Waals surface area contributed by atoms with Gasteiger partial charge in [0.1, 0.15) is 11.9 Å². The Balaban J connectivity index is 2.06. The number of halogens is 4. The van der Waals surface area contributed by atoms with Gasteiger partial charge in [-0.3, -0.25) is 0 Å². The minimum absolute atomic E-state index is 0.0664. The van der Waals surface area contributed by atoms with E-state index in [-0.39, 0.29) is 17.6 Å². The molecule has 102 valence electrons. The fraction of sp³-hybridized carbons (Fsp3) is 0.462. The molecule has 0 amide bonds. The van der Waals surface area contributed by atoms with Crippen molar-refractivity contribution in [2.45, 2.75) is 31.5 Å². The van der Waals surface area contributed by atoms with Gasteiger partial charge in [0, 0.05) is 11.5 Å². The third kappa shape index (κ3) is 2.09. The highest BCUT2D eigenvalue weighted by molar-refractivity contribution is 6.04. The highest BCUT2D eigenvalue weighted by atomic mass is 19.4. The standard InChI is InChI=1S/C13H11F4NO/c14-7-4-5-8(10(6-7)13(15,16)17)12-9-2-1-3-11(9)19-18-12/h4-6,9,11H,1-3H2/t9-,11+/m1/s1. The summed E-state index contributed by atoms with van der Waals surface area (Å²) >= 11 is 0. The summed E-state index contributed by atoms with van der Waals surface area (Å²) < 4.78 is 52.0. The van der Waals surface area contributed by atoms with E-state index in [4.69, 9.17) is 4.84 Å². The second kappa shape index (κ2) is 4.21. The zero-order valence-electron chi connectivity index (χ0n) is 9.88. The van der Waals surface area contributed by atoms with Crippen LogP contribution in [-0.2, 0) is 11.0 Å². The zero-order valence-corrected chi connectivity index (χ0v) is 9.88. The summed E-state index contributed by atoms with van der Waals surface area (Å²) in [5, 5.41) is 3.79. The second-order valence-corrected chi connectivity index (χ2v) is 4.85. The van der Waals surface area contributed by atoms with Gasteiger partial charge in [0.25, 0.3) is 0 Å². The summed E-state index contributed by atoms with van der Waals surface area (Å²) in [5.74, 6) is -1.01. The SMILES string of the molecule is Fc1ccc(C2=NO[C@H]3CCC[C@@H]23)c(C(F)(F)F)c1. The zero-order chi connectivity index (χ0) is 13.6. The van der Waals surface area contributed by atoms with Gasteiger partial charge in [0.2, 0.25) is 0 Å². The van der Waals surface area contributed by atoms with Gasteiger partial charge in [-0.05, 0) is 37.5 Å². The van der Waals surface area contributed by atoms with Gasteiger partial charge in [-0.15, -0.1) is 0 Å². The molecule has 6 heteroatoms. The maximum atomic E-state index is 13.1. The van der Waals surface area contributed by atoms with Crippen LogP contribution in [0.4, 0.5) is 17.6 Å². The smallest absolute Gasteiger partial charge is 0.392 e. The lowest BCUT2D eigenvalue weighted by Gasteiger charge is -2.15. The van der Waals surface area contributed by atoms with E-state index in [0.29, 0.717) is 11.8 Å². The molecule has 1 heterocycles. The maximum Gasteiger partial charge on any atom is 0.417 e. The van der Waals surface area contributed by atoms with E-state index >= 15 is 0 Å². The van der Waals surface area contributed by atoms with Gasteiger partial charge < -0.3 is 4.84 Å². The lowest BCUT2D eigenvalue weighted by atomic mass is 9.91. The van der Waals surface area contributed by atoms with Crippen LogP contribution in [0.2, 0.25) is 0 Å². The van der Waals surface area contributed by atoms with Crippen molar-refractivity contribution < 1.29 is 22.4 Å². The fourth-order valence-electron chi connectivity index (χ4n) is 2.78. The predicted octanol–water partition coefficient (Wildman–Crippen LogP) is 3.75. The van der Waals surface area contributed by atoms with E-state index in [9.17, 15) is 17.6 Å². The van der Waals surface area contributed by atoms with Gasteiger partial charge in [-0.2, -0.15) is 13.2 Å². The Bertz CT molecular complexity index is 538. The van der Waals surface area contributed by atoms with Gasteiger partial charge in [-0.1, -0.05) is 5.16 Å². The molecule has 1 aromatic rings. The second-order valence-electron chi connectivity index (χ2n) is 4.85. The van der Waals surface area contributed by atoms with Crippen molar-refractivity contribution in [1.29, 1.82) is 0 Å². The number of hydrogen-bond acceptors (Lipinski definition) is 2. The molecule has 1 saturated carbocycles. The summed E-state index contributed by atoms with van der Waals surface area (Å²) in [7, 11) is 0. The molecule has 1 aliphatic carbocycles. The number of alkyl halides is 3. The number of rotatable bonds is 1. The molecule has 0 spiro atoms. The third-order valence-electron chi connectivity index (χ3n) is 3.65. The Hall–Kier alpha value is -1.59. The van der Waals surface area contributed by atoms with Crippen LogP contribution in [0.1, 0.15) is 30.4 Å². The van der Waals surface area contributed by atoms with Crippen LogP contribution in [0.3, 0.4) is 0 Å². The lowest BCUT2D eigenvalue weighted by molar-refractivity contribution is -0.137. The molecule has 1 fully saturated rings. The molecule has 0 radical (unpaired) electrons. The number of oxime groups is 1. The molecule has 0 unspecified atom stereocenters. The highest BCUT2D eigenvalue weighted by Crippen LogP contribution is 2.40. The molecule has 3 rings (SSSR count). The highest BCUT2D eigenvalue weighted by Gasteiger charge is 2.42. The van der Waals surface area contributed by atoms with Crippen LogP contribution in [0.5, 0.6) is 0 Å². The van der Waals surface area contributed by atoms with E-state index in [1.807, 2.05) is 0 Å². The van der Waals surface area contributed by atoms with E-state index in [1.165, 1.54) is 0 Å². The summed E-state index contributed by atoms with van der Waals surface area (Å²) in [6.07, 6.45) is -2.24. The van der Waals surface area contributed by atoms with Crippen molar-refractivity contribution in [1.82, 2.24) is 0 Å².